The van der Waals surface area contributed by atoms with Gasteiger partial charge >= 0.3 is 0 Å². The van der Waals surface area contributed by atoms with E-state index in [1.54, 1.807) is 11.3 Å². The van der Waals surface area contributed by atoms with Crippen LogP contribution in [-0.2, 0) is 0 Å². The molecular weight excluding hydrogens is 284 g/mol. The van der Waals surface area contributed by atoms with Gasteiger partial charge < -0.3 is 4.74 Å². The molecule has 0 saturated heterocycles. The molecule has 3 aromatic rings. The molecule has 0 amide bonds. The molecule has 0 fully saturated rings. The largest absolute Gasteiger partial charge is 0.491 e. The van der Waals surface area contributed by atoms with Crippen LogP contribution in [-0.4, -0.2) is 21.8 Å². The number of fused-ring (bicyclic) bond motifs is 1. The maximum atomic E-state index is 11.4. The molecule has 0 saturated carbocycles. The van der Waals surface area contributed by atoms with E-state index in [-0.39, 0.29) is 6.10 Å². The van der Waals surface area contributed by atoms with Gasteiger partial charge in [-0.25, -0.2) is 4.98 Å². The summed E-state index contributed by atoms with van der Waals surface area (Å²) in [6.45, 7) is 5.99. The van der Waals surface area contributed by atoms with E-state index in [4.69, 9.17) is 4.74 Å². The molecule has 1 aromatic carbocycles. The number of benzene rings is 1. The number of rotatable bonds is 4. The minimum Gasteiger partial charge on any atom is -0.491 e. The van der Waals surface area contributed by atoms with Crippen LogP contribution in [0.15, 0.2) is 30.5 Å². The van der Waals surface area contributed by atoms with Crippen molar-refractivity contribution in [3.8, 4) is 17.0 Å². The third-order valence-electron chi connectivity index (χ3n) is 3.09. The Labute approximate surface area is 127 Å². The number of hydrogen-bond donors (Lipinski definition) is 0. The molecule has 108 valence electrons. The van der Waals surface area contributed by atoms with Crippen molar-refractivity contribution in [2.75, 3.05) is 0 Å². The minimum absolute atomic E-state index is 0.141. The molecule has 0 N–H and O–H groups in total. The number of nitrogens with zero attached hydrogens (tertiary/aromatic N) is 2. The molecule has 0 bridgehead atoms. The van der Waals surface area contributed by atoms with E-state index in [2.05, 4.69) is 4.98 Å². The first kappa shape index (κ1) is 13.8. The van der Waals surface area contributed by atoms with Gasteiger partial charge in [0.15, 0.2) is 11.2 Å². The molecule has 5 heteroatoms. The highest BCUT2D eigenvalue weighted by atomic mass is 32.1. The zero-order chi connectivity index (χ0) is 15.0. The summed E-state index contributed by atoms with van der Waals surface area (Å²) in [5, 5.41) is 0. The van der Waals surface area contributed by atoms with Crippen molar-refractivity contribution in [1.82, 2.24) is 9.38 Å². The standard InChI is InChI=1S/C16H16N2O2S/c1-10(2)20-13-6-4-12(5-7-13)15-14(9-19)18-8-11(3)21-16(18)17-15/h4-10H,1-3H3. The van der Waals surface area contributed by atoms with Gasteiger partial charge in [-0.2, -0.15) is 0 Å². The van der Waals surface area contributed by atoms with Crippen LogP contribution in [0.2, 0.25) is 0 Å². The van der Waals surface area contributed by atoms with Crippen LogP contribution in [0.1, 0.15) is 29.2 Å². The fourth-order valence-corrected chi connectivity index (χ4v) is 3.09. The van der Waals surface area contributed by atoms with Crippen LogP contribution in [0.3, 0.4) is 0 Å². The zero-order valence-electron chi connectivity index (χ0n) is 12.2. The molecule has 0 radical (unpaired) electrons. The van der Waals surface area contributed by atoms with Gasteiger partial charge in [-0.1, -0.05) is 0 Å². The van der Waals surface area contributed by atoms with Gasteiger partial charge in [-0.15, -0.1) is 11.3 Å². The molecule has 2 heterocycles. The summed E-state index contributed by atoms with van der Waals surface area (Å²) in [4.78, 5) is 18.0. The number of aldehydes is 1. The molecule has 0 aliphatic rings. The SMILES string of the molecule is Cc1cn2c(C=O)c(-c3ccc(OC(C)C)cc3)nc2s1. The predicted molar refractivity (Wildman–Crippen MR) is 84.4 cm³/mol. The summed E-state index contributed by atoms with van der Waals surface area (Å²) in [7, 11) is 0. The number of imidazole rings is 1. The first-order chi connectivity index (χ1) is 10.1. The fourth-order valence-electron chi connectivity index (χ4n) is 2.26. The lowest BCUT2D eigenvalue weighted by molar-refractivity contribution is 0.111. The van der Waals surface area contributed by atoms with Crippen molar-refractivity contribution < 1.29 is 9.53 Å². The second-order valence-corrected chi connectivity index (χ2v) is 6.36. The smallest absolute Gasteiger partial charge is 0.195 e. The summed E-state index contributed by atoms with van der Waals surface area (Å²) in [6, 6.07) is 7.68. The number of hydrogen-bond acceptors (Lipinski definition) is 4. The van der Waals surface area contributed by atoms with Gasteiger partial charge in [-0.05, 0) is 45.0 Å². The van der Waals surface area contributed by atoms with Gasteiger partial charge in [0.2, 0.25) is 0 Å². The van der Waals surface area contributed by atoms with Gasteiger partial charge in [0.25, 0.3) is 0 Å². The highest BCUT2D eigenvalue weighted by molar-refractivity contribution is 7.17. The van der Waals surface area contributed by atoms with Crippen molar-refractivity contribution in [3.05, 3.63) is 41.0 Å². The molecule has 3 rings (SSSR count). The second-order valence-electron chi connectivity index (χ2n) is 5.15. The van der Waals surface area contributed by atoms with Gasteiger partial charge in [-0.3, -0.25) is 9.20 Å². The lowest BCUT2D eigenvalue weighted by Gasteiger charge is -2.09. The lowest BCUT2D eigenvalue weighted by atomic mass is 10.1. The first-order valence-corrected chi connectivity index (χ1v) is 7.61. The molecule has 0 spiro atoms. The molecule has 21 heavy (non-hydrogen) atoms. The van der Waals surface area contributed by atoms with E-state index in [1.165, 1.54) is 0 Å². The van der Waals surface area contributed by atoms with Crippen molar-refractivity contribution >= 4 is 22.6 Å². The van der Waals surface area contributed by atoms with Crippen molar-refractivity contribution in [2.24, 2.45) is 0 Å². The average Bonchev–Trinajstić information content (AvgIpc) is 2.94. The zero-order valence-corrected chi connectivity index (χ0v) is 13.0. The summed E-state index contributed by atoms with van der Waals surface area (Å²) in [5.41, 5.74) is 2.22. The number of carbonyl (C=O) groups is 1. The Morgan fingerprint density at radius 2 is 2.00 bits per heavy atom. The van der Waals surface area contributed by atoms with E-state index < -0.39 is 0 Å². The Balaban J connectivity index is 2.03. The van der Waals surface area contributed by atoms with Gasteiger partial charge in [0.05, 0.1) is 6.10 Å². The van der Waals surface area contributed by atoms with E-state index in [0.717, 1.165) is 27.4 Å². The first-order valence-electron chi connectivity index (χ1n) is 6.79. The van der Waals surface area contributed by atoms with Crippen LogP contribution in [0.5, 0.6) is 5.75 Å². The van der Waals surface area contributed by atoms with Crippen LogP contribution in [0.25, 0.3) is 16.2 Å². The van der Waals surface area contributed by atoms with E-state index in [0.29, 0.717) is 11.4 Å². The summed E-state index contributed by atoms with van der Waals surface area (Å²) in [6.07, 6.45) is 2.94. The summed E-state index contributed by atoms with van der Waals surface area (Å²) >= 11 is 1.58. The summed E-state index contributed by atoms with van der Waals surface area (Å²) in [5.74, 6) is 0.818. The third kappa shape index (κ3) is 2.56. The molecule has 0 aliphatic carbocycles. The molecule has 4 nitrogen and oxygen atoms in total. The molecular formula is C16H16N2O2S. The van der Waals surface area contributed by atoms with E-state index in [9.17, 15) is 4.79 Å². The predicted octanol–water partition coefficient (Wildman–Crippen LogP) is 3.97. The third-order valence-corrected chi connectivity index (χ3v) is 3.99. The van der Waals surface area contributed by atoms with Gasteiger partial charge in [0.1, 0.15) is 17.1 Å². The number of ether oxygens (including phenoxy) is 1. The van der Waals surface area contributed by atoms with Crippen molar-refractivity contribution in [1.29, 1.82) is 0 Å². The quantitative estimate of drug-likeness (QED) is 0.685. The summed E-state index contributed by atoms with van der Waals surface area (Å²) < 4.78 is 7.48. The fraction of sp³-hybridized carbons (Fsp3) is 0.250. The van der Waals surface area contributed by atoms with Crippen molar-refractivity contribution in [3.63, 3.8) is 0 Å². The topological polar surface area (TPSA) is 43.6 Å². The Morgan fingerprint density at radius 1 is 1.29 bits per heavy atom. The van der Waals surface area contributed by atoms with Crippen molar-refractivity contribution in [2.45, 2.75) is 26.9 Å². The van der Waals surface area contributed by atoms with Crippen LogP contribution in [0, 0.1) is 6.92 Å². The Morgan fingerprint density at radius 3 is 2.62 bits per heavy atom. The Bertz CT molecular complexity index is 785. The second kappa shape index (κ2) is 5.33. The number of aromatic nitrogens is 2. The Kier molecular flexibility index (Phi) is 3.51. The molecule has 0 atom stereocenters. The van der Waals surface area contributed by atoms with Crippen LogP contribution >= 0.6 is 11.3 Å². The number of carbonyl (C=O) groups excluding carboxylic acids is 1. The van der Waals surface area contributed by atoms with E-state index in [1.807, 2.05) is 55.6 Å². The van der Waals surface area contributed by atoms with E-state index >= 15 is 0 Å². The molecule has 2 aromatic heterocycles. The lowest BCUT2D eigenvalue weighted by Crippen LogP contribution is -2.05. The van der Waals surface area contributed by atoms with Crippen LogP contribution in [0.4, 0.5) is 0 Å². The molecule has 0 unspecified atom stereocenters. The molecule has 0 aliphatic heterocycles. The number of thiazole rings is 1. The highest BCUT2D eigenvalue weighted by Crippen LogP contribution is 2.28. The van der Waals surface area contributed by atoms with Crippen LogP contribution < -0.4 is 4.74 Å². The minimum atomic E-state index is 0.141. The van der Waals surface area contributed by atoms with Gasteiger partial charge in [0, 0.05) is 16.6 Å². The number of aryl methyl sites for hydroxylation is 1. The highest BCUT2D eigenvalue weighted by Gasteiger charge is 2.15. The normalized spacial score (nSPS) is 11.2. The average molecular weight is 300 g/mol. The monoisotopic (exact) mass is 300 g/mol. The maximum Gasteiger partial charge on any atom is 0.195 e. The maximum absolute atomic E-state index is 11.4. The Hall–Kier alpha value is -2.14.